The molecule has 1 fully saturated rings. The molecule has 2 unspecified atom stereocenters. The molecule has 4 heteroatoms. The number of carbonyl (C=O) groups excluding carboxylic acids is 1. The minimum atomic E-state index is -0.863. The fourth-order valence-corrected chi connectivity index (χ4v) is 2.28. The van der Waals surface area contributed by atoms with Crippen LogP contribution in [0.3, 0.4) is 0 Å². The Kier molecular flexibility index (Phi) is 4.22. The Bertz CT molecular complexity index is 436. The van der Waals surface area contributed by atoms with E-state index in [4.69, 9.17) is 10.5 Å². The zero-order valence-corrected chi connectivity index (χ0v) is 11.6. The molecule has 1 amide bonds. The molecule has 1 aromatic rings. The minimum Gasteiger partial charge on any atom is -0.379 e. The van der Waals surface area contributed by atoms with E-state index in [0.29, 0.717) is 19.6 Å². The highest BCUT2D eigenvalue weighted by Crippen LogP contribution is 2.21. The van der Waals surface area contributed by atoms with Crippen LogP contribution in [0.15, 0.2) is 24.3 Å². The van der Waals surface area contributed by atoms with Crippen molar-refractivity contribution in [2.45, 2.75) is 38.3 Å². The average molecular weight is 262 g/mol. The van der Waals surface area contributed by atoms with E-state index in [2.05, 4.69) is 36.5 Å². The summed E-state index contributed by atoms with van der Waals surface area (Å²) in [5, 5.41) is 3.04. The van der Waals surface area contributed by atoms with Crippen molar-refractivity contribution < 1.29 is 9.53 Å². The number of aryl methyl sites for hydroxylation is 1. The highest BCUT2D eigenvalue weighted by atomic mass is 16.5. The van der Waals surface area contributed by atoms with Crippen LogP contribution >= 0.6 is 0 Å². The first-order chi connectivity index (χ1) is 9.05. The van der Waals surface area contributed by atoms with Crippen LogP contribution in [0.1, 0.15) is 36.9 Å². The molecule has 1 saturated heterocycles. The molecule has 1 aliphatic heterocycles. The molecule has 0 bridgehead atoms. The van der Waals surface area contributed by atoms with Crippen molar-refractivity contribution in [1.29, 1.82) is 0 Å². The topological polar surface area (TPSA) is 64.4 Å². The summed E-state index contributed by atoms with van der Waals surface area (Å²) < 4.78 is 5.23. The molecule has 0 aliphatic carbocycles. The number of carbonyl (C=O) groups is 1. The van der Waals surface area contributed by atoms with E-state index >= 15 is 0 Å². The Hall–Kier alpha value is -1.39. The number of rotatable bonds is 4. The lowest BCUT2D eigenvalue weighted by atomic mass is 9.96. The molecule has 1 aliphatic rings. The van der Waals surface area contributed by atoms with Gasteiger partial charge >= 0.3 is 0 Å². The summed E-state index contributed by atoms with van der Waals surface area (Å²) >= 11 is 0. The van der Waals surface area contributed by atoms with Gasteiger partial charge in [-0.1, -0.05) is 36.8 Å². The van der Waals surface area contributed by atoms with E-state index in [1.807, 2.05) is 6.92 Å². The molecule has 104 valence electrons. The molecule has 0 saturated carbocycles. The third-order valence-electron chi connectivity index (χ3n) is 3.70. The quantitative estimate of drug-likeness (QED) is 0.867. The first-order valence-electron chi connectivity index (χ1n) is 6.79. The van der Waals surface area contributed by atoms with Gasteiger partial charge in [-0.2, -0.15) is 0 Å². The minimum absolute atomic E-state index is 0.00845. The second kappa shape index (κ2) is 5.72. The third kappa shape index (κ3) is 3.14. The number of hydrogen-bond donors (Lipinski definition) is 2. The van der Waals surface area contributed by atoms with Crippen molar-refractivity contribution >= 4 is 5.91 Å². The van der Waals surface area contributed by atoms with Gasteiger partial charge in [0.2, 0.25) is 5.91 Å². The molecule has 2 atom stereocenters. The predicted octanol–water partition coefficient (Wildman–Crippen LogP) is 1.68. The van der Waals surface area contributed by atoms with Crippen LogP contribution < -0.4 is 11.1 Å². The van der Waals surface area contributed by atoms with Gasteiger partial charge in [0.05, 0.1) is 12.6 Å². The highest BCUT2D eigenvalue weighted by molar-refractivity contribution is 5.86. The van der Waals surface area contributed by atoms with Gasteiger partial charge in [0.25, 0.3) is 0 Å². The maximum Gasteiger partial charge on any atom is 0.243 e. The summed E-state index contributed by atoms with van der Waals surface area (Å²) in [4.78, 5) is 12.3. The van der Waals surface area contributed by atoms with E-state index in [1.54, 1.807) is 0 Å². The van der Waals surface area contributed by atoms with Crippen molar-refractivity contribution in [3.63, 3.8) is 0 Å². The fourth-order valence-electron chi connectivity index (χ4n) is 2.28. The lowest BCUT2D eigenvalue weighted by Crippen LogP contribution is -2.55. The Morgan fingerprint density at radius 3 is 2.68 bits per heavy atom. The van der Waals surface area contributed by atoms with E-state index in [9.17, 15) is 4.79 Å². The van der Waals surface area contributed by atoms with Crippen LogP contribution in [0.4, 0.5) is 0 Å². The Morgan fingerprint density at radius 2 is 2.16 bits per heavy atom. The first kappa shape index (κ1) is 14.0. The zero-order valence-electron chi connectivity index (χ0n) is 11.6. The molecule has 4 nitrogen and oxygen atoms in total. The monoisotopic (exact) mass is 262 g/mol. The molecule has 1 heterocycles. The van der Waals surface area contributed by atoms with Crippen LogP contribution in [0.2, 0.25) is 0 Å². The van der Waals surface area contributed by atoms with Crippen molar-refractivity contribution in [3.05, 3.63) is 35.4 Å². The summed E-state index contributed by atoms with van der Waals surface area (Å²) in [6, 6.07) is 8.23. The molecular weight excluding hydrogens is 240 g/mol. The van der Waals surface area contributed by atoms with Gasteiger partial charge in [0, 0.05) is 6.61 Å². The van der Waals surface area contributed by atoms with Crippen molar-refractivity contribution in [2.24, 2.45) is 5.73 Å². The summed E-state index contributed by atoms with van der Waals surface area (Å²) in [7, 11) is 0. The zero-order chi connectivity index (χ0) is 13.9. The Morgan fingerprint density at radius 1 is 1.47 bits per heavy atom. The largest absolute Gasteiger partial charge is 0.379 e. The van der Waals surface area contributed by atoms with Crippen molar-refractivity contribution in [1.82, 2.24) is 5.32 Å². The average Bonchev–Trinajstić information content (AvgIpc) is 2.85. The Balaban J connectivity index is 2.06. The lowest BCUT2D eigenvalue weighted by Gasteiger charge is -2.25. The SMILES string of the molecule is CCC(NC(=O)C1(N)CCOC1)c1ccc(C)cc1. The first-order valence-corrected chi connectivity index (χ1v) is 6.79. The third-order valence-corrected chi connectivity index (χ3v) is 3.70. The summed E-state index contributed by atoms with van der Waals surface area (Å²) in [6.07, 6.45) is 1.43. The number of hydrogen-bond acceptors (Lipinski definition) is 3. The van der Waals surface area contributed by atoms with Gasteiger partial charge in [0.15, 0.2) is 0 Å². The summed E-state index contributed by atoms with van der Waals surface area (Å²) in [5.74, 6) is -0.113. The lowest BCUT2D eigenvalue weighted by molar-refractivity contribution is -0.127. The Labute approximate surface area is 114 Å². The smallest absolute Gasteiger partial charge is 0.243 e. The summed E-state index contributed by atoms with van der Waals surface area (Å²) in [6.45, 7) is 4.97. The number of nitrogens with one attached hydrogen (secondary N) is 1. The highest BCUT2D eigenvalue weighted by Gasteiger charge is 2.38. The standard InChI is InChI=1S/C15H22N2O2/c1-3-13(12-6-4-11(2)5-7-12)17-14(18)15(16)8-9-19-10-15/h4-7,13H,3,8-10,16H2,1-2H3,(H,17,18). The number of ether oxygens (including phenoxy) is 1. The second-order valence-electron chi connectivity index (χ2n) is 5.30. The maximum absolute atomic E-state index is 12.3. The van der Waals surface area contributed by atoms with Crippen LogP contribution in [-0.4, -0.2) is 24.7 Å². The predicted molar refractivity (Wildman–Crippen MR) is 74.7 cm³/mol. The van der Waals surface area contributed by atoms with Gasteiger partial charge in [-0.15, -0.1) is 0 Å². The van der Waals surface area contributed by atoms with Gasteiger partial charge in [0.1, 0.15) is 5.54 Å². The van der Waals surface area contributed by atoms with Crippen LogP contribution in [0.25, 0.3) is 0 Å². The molecule has 2 rings (SSSR count). The fraction of sp³-hybridized carbons (Fsp3) is 0.533. The van der Waals surface area contributed by atoms with E-state index in [0.717, 1.165) is 12.0 Å². The van der Waals surface area contributed by atoms with Gasteiger partial charge in [-0.25, -0.2) is 0 Å². The number of nitrogens with two attached hydrogens (primary N) is 1. The van der Waals surface area contributed by atoms with Crippen molar-refractivity contribution in [3.8, 4) is 0 Å². The van der Waals surface area contributed by atoms with E-state index < -0.39 is 5.54 Å². The molecule has 3 N–H and O–H groups in total. The van der Waals surface area contributed by atoms with Gasteiger partial charge in [-0.05, 0) is 25.3 Å². The van der Waals surface area contributed by atoms with Gasteiger partial charge < -0.3 is 15.8 Å². The number of amides is 1. The summed E-state index contributed by atoms with van der Waals surface area (Å²) in [5.41, 5.74) is 7.53. The normalized spacial score (nSPS) is 24.2. The van der Waals surface area contributed by atoms with Crippen LogP contribution in [0, 0.1) is 6.92 Å². The molecule has 0 spiro atoms. The molecule has 0 radical (unpaired) electrons. The van der Waals surface area contributed by atoms with E-state index in [-0.39, 0.29) is 11.9 Å². The molecule has 1 aromatic carbocycles. The maximum atomic E-state index is 12.3. The van der Waals surface area contributed by atoms with Crippen LogP contribution in [0.5, 0.6) is 0 Å². The number of benzene rings is 1. The molecule has 19 heavy (non-hydrogen) atoms. The van der Waals surface area contributed by atoms with Crippen molar-refractivity contribution in [2.75, 3.05) is 13.2 Å². The molecule has 0 aromatic heterocycles. The second-order valence-corrected chi connectivity index (χ2v) is 5.30. The van der Waals surface area contributed by atoms with E-state index in [1.165, 1.54) is 5.56 Å². The van der Waals surface area contributed by atoms with Gasteiger partial charge in [-0.3, -0.25) is 4.79 Å². The molecular formula is C15H22N2O2. The van der Waals surface area contributed by atoms with Crippen LogP contribution in [-0.2, 0) is 9.53 Å².